The lowest BCUT2D eigenvalue weighted by Gasteiger charge is -2.16. The Bertz CT molecular complexity index is 1070. The van der Waals surface area contributed by atoms with Crippen molar-refractivity contribution in [1.82, 2.24) is 5.32 Å². The molecule has 0 radical (unpaired) electrons. The van der Waals surface area contributed by atoms with Crippen molar-refractivity contribution < 1.29 is 9.59 Å². The third-order valence-electron chi connectivity index (χ3n) is 5.53. The Morgan fingerprint density at radius 2 is 1.86 bits per heavy atom. The maximum absolute atomic E-state index is 12.6. The fourth-order valence-electron chi connectivity index (χ4n) is 4.07. The molecule has 1 aliphatic rings. The monoisotopic (exact) mass is 407 g/mol. The number of anilines is 1. The van der Waals surface area contributed by atoms with Gasteiger partial charge in [-0.3, -0.25) is 9.59 Å². The van der Waals surface area contributed by atoms with Gasteiger partial charge >= 0.3 is 0 Å². The highest BCUT2D eigenvalue weighted by molar-refractivity contribution is 7.17. The zero-order valence-corrected chi connectivity index (χ0v) is 17.3. The molecule has 1 aromatic heterocycles. The molecule has 0 bridgehead atoms. The highest BCUT2D eigenvalue weighted by Gasteiger charge is 2.25. The molecule has 6 heteroatoms. The molecule has 1 unspecified atom stereocenters. The number of amides is 2. The van der Waals surface area contributed by atoms with Crippen LogP contribution in [0.5, 0.6) is 0 Å². The molecule has 29 heavy (non-hydrogen) atoms. The van der Waals surface area contributed by atoms with Crippen molar-refractivity contribution in [2.75, 3.05) is 11.9 Å². The van der Waals surface area contributed by atoms with Crippen LogP contribution in [0.3, 0.4) is 0 Å². The molecule has 0 fully saturated rings. The van der Waals surface area contributed by atoms with Gasteiger partial charge in [-0.05, 0) is 54.5 Å². The van der Waals surface area contributed by atoms with E-state index in [0.717, 1.165) is 36.8 Å². The number of aryl methyl sites for hydroxylation is 1. The Morgan fingerprint density at radius 1 is 1.10 bits per heavy atom. The molecular formula is C23H25N3O2S. The van der Waals surface area contributed by atoms with Crippen LogP contribution in [0.25, 0.3) is 10.8 Å². The Balaban J connectivity index is 1.45. The van der Waals surface area contributed by atoms with Crippen LogP contribution in [0, 0.1) is 0 Å². The van der Waals surface area contributed by atoms with Crippen LogP contribution < -0.4 is 16.4 Å². The zero-order valence-electron chi connectivity index (χ0n) is 16.5. The lowest BCUT2D eigenvalue weighted by molar-refractivity contribution is -0.115. The van der Waals surface area contributed by atoms with Crippen molar-refractivity contribution in [1.29, 1.82) is 0 Å². The minimum absolute atomic E-state index is 0.0130. The van der Waals surface area contributed by atoms with Gasteiger partial charge < -0.3 is 16.4 Å². The summed E-state index contributed by atoms with van der Waals surface area (Å²) < 4.78 is 0. The summed E-state index contributed by atoms with van der Waals surface area (Å²) in [7, 11) is 0. The van der Waals surface area contributed by atoms with Crippen molar-refractivity contribution in [2.24, 2.45) is 5.73 Å². The van der Waals surface area contributed by atoms with Gasteiger partial charge in [-0.25, -0.2) is 0 Å². The van der Waals surface area contributed by atoms with Gasteiger partial charge in [0.15, 0.2) is 0 Å². The number of primary amides is 1. The smallest absolute Gasteiger partial charge is 0.251 e. The second kappa shape index (κ2) is 8.35. The number of nitrogens with one attached hydrogen (secondary N) is 2. The van der Waals surface area contributed by atoms with Crippen LogP contribution in [0.4, 0.5) is 5.00 Å². The first-order valence-corrected chi connectivity index (χ1v) is 10.8. The summed E-state index contributed by atoms with van der Waals surface area (Å²) >= 11 is 1.49. The fraction of sp³-hybridized carbons (Fsp3) is 0.304. The number of carbonyl (C=O) groups is 2. The van der Waals surface area contributed by atoms with Gasteiger partial charge in [0.2, 0.25) is 5.91 Å². The quantitative estimate of drug-likeness (QED) is 0.573. The van der Waals surface area contributed by atoms with Crippen molar-refractivity contribution in [3.05, 3.63) is 64.0 Å². The van der Waals surface area contributed by atoms with Crippen LogP contribution in [0.2, 0.25) is 0 Å². The van der Waals surface area contributed by atoms with Crippen molar-refractivity contribution in [2.45, 2.75) is 38.6 Å². The first-order valence-electron chi connectivity index (χ1n) is 10.00. The number of carbonyl (C=O) groups excluding carboxylic acids is 2. The van der Waals surface area contributed by atoms with E-state index in [1.165, 1.54) is 27.0 Å². The molecule has 4 N–H and O–H groups in total. The molecule has 0 aliphatic heterocycles. The van der Waals surface area contributed by atoms with Gasteiger partial charge in [-0.2, -0.15) is 0 Å². The molecule has 1 atom stereocenters. The van der Waals surface area contributed by atoms with Gasteiger partial charge in [0, 0.05) is 10.9 Å². The average molecular weight is 408 g/mol. The van der Waals surface area contributed by atoms with Gasteiger partial charge in [-0.15, -0.1) is 11.3 Å². The Morgan fingerprint density at radius 3 is 2.69 bits per heavy atom. The molecule has 1 aliphatic carbocycles. The zero-order chi connectivity index (χ0) is 20.4. The molecule has 5 nitrogen and oxygen atoms in total. The summed E-state index contributed by atoms with van der Waals surface area (Å²) in [6.07, 6.45) is 3.98. The van der Waals surface area contributed by atoms with Gasteiger partial charge in [0.05, 0.1) is 12.1 Å². The Hall–Kier alpha value is -2.70. The summed E-state index contributed by atoms with van der Waals surface area (Å²) in [5, 5.41) is 9.16. The van der Waals surface area contributed by atoms with E-state index in [2.05, 4.69) is 34.9 Å². The number of hydrogen-bond donors (Lipinski definition) is 3. The lowest BCUT2D eigenvalue weighted by Crippen LogP contribution is -2.30. The SMILES string of the molecule is CC(NCC(=O)Nc1sc2c(c1C(N)=O)CCCC2)c1cccc2ccccc12. The van der Waals surface area contributed by atoms with Gasteiger partial charge in [0.25, 0.3) is 5.91 Å². The third kappa shape index (κ3) is 4.04. The molecule has 4 rings (SSSR count). The first kappa shape index (κ1) is 19.6. The van der Waals surface area contributed by atoms with E-state index in [1.807, 2.05) is 25.1 Å². The standard InChI is InChI=1S/C23H25N3O2S/c1-14(16-11-6-8-15-7-2-3-9-17(15)16)25-13-20(27)26-23-21(22(24)28)18-10-4-5-12-19(18)29-23/h2-3,6-9,11,14,25H,4-5,10,12-13H2,1H3,(H2,24,28)(H,26,27). The number of nitrogens with two attached hydrogens (primary N) is 1. The molecule has 1 heterocycles. The maximum atomic E-state index is 12.6. The predicted octanol–water partition coefficient (Wildman–Crippen LogP) is 4.17. The topological polar surface area (TPSA) is 84.2 Å². The van der Waals surface area contributed by atoms with E-state index >= 15 is 0 Å². The average Bonchev–Trinajstić information content (AvgIpc) is 3.09. The maximum Gasteiger partial charge on any atom is 0.251 e. The van der Waals surface area contributed by atoms with Gasteiger partial charge in [0.1, 0.15) is 5.00 Å². The molecule has 3 aromatic rings. The largest absolute Gasteiger partial charge is 0.365 e. The van der Waals surface area contributed by atoms with E-state index in [1.54, 1.807) is 0 Å². The summed E-state index contributed by atoms with van der Waals surface area (Å²) in [6, 6.07) is 14.4. The van der Waals surface area contributed by atoms with Crippen molar-refractivity contribution in [3.8, 4) is 0 Å². The highest BCUT2D eigenvalue weighted by Crippen LogP contribution is 2.37. The van der Waals surface area contributed by atoms with Crippen molar-refractivity contribution in [3.63, 3.8) is 0 Å². The number of fused-ring (bicyclic) bond motifs is 2. The Labute approximate surface area is 174 Å². The predicted molar refractivity (Wildman–Crippen MR) is 118 cm³/mol. The molecule has 2 amide bonds. The van der Waals surface area contributed by atoms with Crippen molar-refractivity contribution >= 4 is 38.9 Å². The lowest BCUT2D eigenvalue weighted by atomic mass is 9.95. The number of rotatable bonds is 6. The van der Waals surface area contributed by atoms with Crippen LogP contribution >= 0.6 is 11.3 Å². The summed E-state index contributed by atoms with van der Waals surface area (Å²) in [5.41, 5.74) is 8.29. The Kier molecular flexibility index (Phi) is 5.65. The van der Waals surface area contributed by atoms with Crippen LogP contribution in [0.1, 0.15) is 52.2 Å². The van der Waals surface area contributed by atoms with E-state index in [9.17, 15) is 9.59 Å². The molecule has 0 spiro atoms. The molecular weight excluding hydrogens is 382 g/mol. The van der Waals surface area contributed by atoms with E-state index in [0.29, 0.717) is 10.6 Å². The van der Waals surface area contributed by atoms with Crippen LogP contribution in [0.15, 0.2) is 42.5 Å². The number of hydrogen-bond acceptors (Lipinski definition) is 4. The molecule has 0 saturated carbocycles. The summed E-state index contributed by atoms with van der Waals surface area (Å²) in [4.78, 5) is 25.7. The second-order valence-electron chi connectivity index (χ2n) is 7.50. The van der Waals surface area contributed by atoms with Crippen LogP contribution in [-0.4, -0.2) is 18.4 Å². The van der Waals surface area contributed by atoms with E-state index in [-0.39, 0.29) is 18.5 Å². The third-order valence-corrected chi connectivity index (χ3v) is 6.74. The summed E-state index contributed by atoms with van der Waals surface area (Å²) in [6.45, 7) is 2.21. The fourth-order valence-corrected chi connectivity index (χ4v) is 5.38. The van der Waals surface area contributed by atoms with E-state index in [4.69, 9.17) is 5.73 Å². The highest BCUT2D eigenvalue weighted by atomic mass is 32.1. The number of thiophene rings is 1. The number of benzene rings is 2. The molecule has 0 saturated heterocycles. The molecule has 150 valence electrons. The molecule has 2 aromatic carbocycles. The van der Waals surface area contributed by atoms with Gasteiger partial charge in [-0.1, -0.05) is 42.5 Å². The normalized spacial score (nSPS) is 14.4. The minimum atomic E-state index is -0.461. The minimum Gasteiger partial charge on any atom is -0.365 e. The summed E-state index contributed by atoms with van der Waals surface area (Å²) in [5.74, 6) is -0.630. The first-order chi connectivity index (χ1) is 14.0. The second-order valence-corrected chi connectivity index (χ2v) is 8.60. The van der Waals surface area contributed by atoms with Crippen LogP contribution in [-0.2, 0) is 17.6 Å². The van der Waals surface area contributed by atoms with E-state index < -0.39 is 5.91 Å².